The van der Waals surface area contributed by atoms with Gasteiger partial charge in [-0.2, -0.15) is 0 Å². The van der Waals surface area contributed by atoms with Crippen molar-refractivity contribution in [3.05, 3.63) is 36.3 Å². The van der Waals surface area contributed by atoms with E-state index in [0.717, 1.165) is 47.2 Å². The quantitative estimate of drug-likeness (QED) is 0.643. The number of morpholine rings is 1. The van der Waals surface area contributed by atoms with Gasteiger partial charge in [-0.1, -0.05) is 0 Å². The second kappa shape index (κ2) is 7.86. The van der Waals surface area contributed by atoms with Crippen molar-refractivity contribution < 1.29 is 14.3 Å². The minimum absolute atomic E-state index is 0.294. The number of amides is 1. The standard InChI is InChI=1S/C20H23N7O3/c1-2-30-20(28)26-4-3-15-17(12-26)27-11-16(14-9-21-13-22-10-14)24-18(19(27)23-15)25-5-7-29-8-6-25/h9-11,13H,2-8,12H2,1H3. The molecule has 0 spiro atoms. The first-order chi connectivity index (χ1) is 14.7. The predicted molar refractivity (Wildman–Crippen MR) is 108 cm³/mol. The third-order valence-corrected chi connectivity index (χ3v) is 5.42. The number of hydrogen-bond donors (Lipinski definition) is 0. The number of hydrogen-bond acceptors (Lipinski definition) is 8. The molecular formula is C20H23N7O3. The molecule has 0 unspecified atom stereocenters. The van der Waals surface area contributed by atoms with Crippen LogP contribution in [0.25, 0.3) is 16.9 Å². The van der Waals surface area contributed by atoms with E-state index in [0.29, 0.717) is 39.3 Å². The summed E-state index contributed by atoms with van der Waals surface area (Å²) in [7, 11) is 0. The molecule has 0 aromatic carbocycles. The summed E-state index contributed by atoms with van der Waals surface area (Å²) in [6.45, 7) is 6.04. The lowest BCUT2D eigenvalue weighted by atomic mass is 10.1. The van der Waals surface area contributed by atoms with Gasteiger partial charge in [0.25, 0.3) is 0 Å². The van der Waals surface area contributed by atoms with Crippen molar-refractivity contribution in [2.75, 3.05) is 44.4 Å². The second-order valence-corrected chi connectivity index (χ2v) is 7.25. The molecule has 0 radical (unpaired) electrons. The monoisotopic (exact) mass is 409 g/mol. The summed E-state index contributed by atoms with van der Waals surface area (Å²) >= 11 is 0. The fourth-order valence-corrected chi connectivity index (χ4v) is 3.92. The molecule has 0 N–H and O–H groups in total. The second-order valence-electron chi connectivity index (χ2n) is 7.25. The number of anilines is 1. The normalized spacial score (nSPS) is 16.6. The Hall–Kier alpha value is -3.27. The first-order valence-electron chi connectivity index (χ1n) is 10.1. The Morgan fingerprint density at radius 3 is 2.73 bits per heavy atom. The zero-order chi connectivity index (χ0) is 20.5. The molecule has 30 heavy (non-hydrogen) atoms. The van der Waals surface area contributed by atoms with E-state index in [-0.39, 0.29) is 6.09 Å². The van der Waals surface area contributed by atoms with Crippen LogP contribution in [-0.4, -0.2) is 74.8 Å². The number of imidazole rings is 1. The van der Waals surface area contributed by atoms with E-state index in [1.54, 1.807) is 17.3 Å². The van der Waals surface area contributed by atoms with Gasteiger partial charge in [0.2, 0.25) is 0 Å². The number of carbonyl (C=O) groups excluding carboxylic acids is 1. The molecule has 1 amide bonds. The maximum Gasteiger partial charge on any atom is 0.410 e. The van der Waals surface area contributed by atoms with Crippen molar-refractivity contribution >= 4 is 17.6 Å². The smallest absolute Gasteiger partial charge is 0.410 e. The summed E-state index contributed by atoms with van der Waals surface area (Å²) in [5.74, 6) is 0.816. The van der Waals surface area contributed by atoms with Crippen LogP contribution in [0.5, 0.6) is 0 Å². The van der Waals surface area contributed by atoms with E-state index < -0.39 is 0 Å². The molecule has 10 nitrogen and oxygen atoms in total. The zero-order valence-corrected chi connectivity index (χ0v) is 16.8. The average molecular weight is 409 g/mol. The first-order valence-corrected chi connectivity index (χ1v) is 10.1. The number of ether oxygens (including phenoxy) is 2. The lowest BCUT2D eigenvalue weighted by Crippen LogP contribution is -2.37. The number of aromatic nitrogens is 5. The topological polar surface area (TPSA) is 98.0 Å². The SMILES string of the molecule is CCOC(=O)N1CCc2nc3c(N4CCOCC4)nc(-c4cncnc4)cn3c2C1. The van der Waals surface area contributed by atoms with Crippen LogP contribution in [0.4, 0.5) is 10.6 Å². The van der Waals surface area contributed by atoms with Gasteiger partial charge in [0.1, 0.15) is 6.33 Å². The van der Waals surface area contributed by atoms with Gasteiger partial charge in [0, 0.05) is 50.2 Å². The van der Waals surface area contributed by atoms with Crippen LogP contribution >= 0.6 is 0 Å². The molecule has 2 aliphatic heterocycles. The summed E-state index contributed by atoms with van der Waals surface area (Å²) in [6, 6.07) is 0. The maximum atomic E-state index is 12.3. The van der Waals surface area contributed by atoms with Crippen LogP contribution in [0, 0.1) is 0 Å². The lowest BCUT2D eigenvalue weighted by Gasteiger charge is -2.28. The zero-order valence-electron chi connectivity index (χ0n) is 16.8. The van der Waals surface area contributed by atoms with Crippen LogP contribution < -0.4 is 4.90 Å². The van der Waals surface area contributed by atoms with Gasteiger partial charge in [-0.25, -0.2) is 24.7 Å². The molecule has 0 atom stereocenters. The van der Waals surface area contributed by atoms with E-state index >= 15 is 0 Å². The fourth-order valence-electron chi connectivity index (χ4n) is 3.92. The Balaban J connectivity index is 1.63. The molecule has 1 saturated heterocycles. The molecule has 3 aromatic heterocycles. The van der Waals surface area contributed by atoms with Crippen molar-refractivity contribution in [1.82, 2.24) is 29.2 Å². The number of nitrogens with zero attached hydrogens (tertiary/aromatic N) is 7. The molecule has 0 aliphatic carbocycles. The van der Waals surface area contributed by atoms with Crippen molar-refractivity contribution in [2.24, 2.45) is 0 Å². The summed E-state index contributed by atoms with van der Waals surface area (Å²) in [6.07, 6.45) is 7.34. The Morgan fingerprint density at radius 2 is 1.97 bits per heavy atom. The summed E-state index contributed by atoms with van der Waals surface area (Å²) in [5.41, 5.74) is 4.37. The van der Waals surface area contributed by atoms with Gasteiger partial charge < -0.3 is 19.3 Å². The van der Waals surface area contributed by atoms with E-state index in [4.69, 9.17) is 19.4 Å². The molecule has 3 aromatic rings. The number of fused-ring (bicyclic) bond motifs is 3. The lowest BCUT2D eigenvalue weighted by molar-refractivity contribution is 0.102. The Bertz CT molecular complexity index is 1060. The van der Waals surface area contributed by atoms with Crippen LogP contribution in [0.3, 0.4) is 0 Å². The summed E-state index contributed by atoms with van der Waals surface area (Å²) < 4.78 is 12.8. The number of carbonyl (C=O) groups is 1. The number of rotatable bonds is 3. The van der Waals surface area contributed by atoms with Gasteiger partial charge in [0.15, 0.2) is 11.5 Å². The highest BCUT2D eigenvalue weighted by Gasteiger charge is 2.28. The van der Waals surface area contributed by atoms with Crippen LogP contribution in [0.1, 0.15) is 18.3 Å². The molecule has 0 bridgehead atoms. The molecule has 2 aliphatic rings. The van der Waals surface area contributed by atoms with Gasteiger partial charge in [-0.05, 0) is 6.92 Å². The minimum Gasteiger partial charge on any atom is -0.450 e. The highest BCUT2D eigenvalue weighted by atomic mass is 16.6. The average Bonchev–Trinajstić information content (AvgIpc) is 3.17. The molecule has 1 fully saturated rings. The molecule has 5 rings (SSSR count). The first kappa shape index (κ1) is 18.7. The fraction of sp³-hybridized carbons (Fsp3) is 0.450. The summed E-state index contributed by atoms with van der Waals surface area (Å²) in [4.78, 5) is 34.3. The minimum atomic E-state index is -0.294. The van der Waals surface area contributed by atoms with E-state index in [2.05, 4.69) is 19.3 Å². The van der Waals surface area contributed by atoms with E-state index in [9.17, 15) is 4.79 Å². The molecule has 10 heteroatoms. The highest BCUT2D eigenvalue weighted by molar-refractivity contribution is 5.72. The van der Waals surface area contributed by atoms with Crippen molar-refractivity contribution in [3.8, 4) is 11.3 Å². The highest BCUT2D eigenvalue weighted by Crippen LogP contribution is 2.29. The van der Waals surface area contributed by atoms with Crippen molar-refractivity contribution in [3.63, 3.8) is 0 Å². The van der Waals surface area contributed by atoms with E-state index in [1.165, 1.54) is 6.33 Å². The Morgan fingerprint density at radius 1 is 1.17 bits per heavy atom. The van der Waals surface area contributed by atoms with E-state index in [1.807, 2.05) is 13.1 Å². The van der Waals surface area contributed by atoms with Crippen molar-refractivity contribution in [1.29, 1.82) is 0 Å². The molecule has 5 heterocycles. The van der Waals surface area contributed by atoms with Crippen LogP contribution in [0.15, 0.2) is 24.9 Å². The van der Waals surface area contributed by atoms with Crippen LogP contribution in [0.2, 0.25) is 0 Å². The third-order valence-electron chi connectivity index (χ3n) is 5.42. The molecule has 156 valence electrons. The summed E-state index contributed by atoms with van der Waals surface area (Å²) in [5, 5.41) is 0. The molecular weight excluding hydrogens is 386 g/mol. The van der Waals surface area contributed by atoms with Crippen molar-refractivity contribution in [2.45, 2.75) is 19.9 Å². The molecule has 0 saturated carbocycles. The Labute approximate surface area is 173 Å². The largest absolute Gasteiger partial charge is 0.450 e. The van der Waals surface area contributed by atoms with Gasteiger partial charge in [-0.3, -0.25) is 4.40 Å². The van der Waals surface area contributed by atoms with Gasteiger partial charge >= 0.3 is 6.09 Å². The predicted octanol–water partition coefficient (Wildman–Crippen LogP) is 1.54. The van der Waals surface area contributed by atoms with Gasteiger partial charge in [-0.15, -0.1) is 0 Å². The third kappa shape index (κ3) is 3.32. The Kier molecular flexibility index (Phi) is 4.91. The van der Waals surface area contributed by atoms with Gasteiger partial charge in [0.05, 0.1) is 43.4 Å². The van der Waals surface area contributed by atoms with Crippen LogP contribution in [-0.2, 0) is 22.4 Å². The maximum absolute atomic E-state index is 12.3.